The Bertz CT molecular complexity index is 651. The molecule has 1 heterocycles. The van der Waals surface area contributed by atoms with Crippen LogP contribution in [-0.4, -0.2) is 4.57 Å². The van der Waals surface area contributed by atoms with Gasteiger partial charge in [0.2, 0.25) is 0 Å². The van der Waals surface area contributed by atoms with Crippen LogP contribution in [0.4, 0.5) is 5.82 Å². The van der Waals surface area contributed by atoms with Crippen molar-refractivity contribution in [3.05, 3.63) is 57.9 Å². The third kappa shape index (κ3) is 1.79. The highest BCUT2D eigenvalue weighted by molar-refractivity contribution is 5.49. The van der Waals surface area contributed by atoms with E-state index in [4.69, 9.17) is 11.0 Å². The van der Waals surface area contributed by atoms with Crippen LogP contribution in [0.25, 0.3) is 5.69 Å². The van der Waals surface area contributed by atoms with Crippen LogP contribution >= 0.6 is 0 Å². The predicted octanol–water partition coefficient (Wildman–Crippen LogP) is 1.60. The van der Waals surface area contributed by atoms with E-state index in [2.05, 4.69) is 0 Å². The maximum absolute atomic E-state index is 12.1. The van der Waals surface area contributed by atoms with Crippen molar-refractivity contribution in [2.24, 2.45) is 0 Å². The number of hydrogen-bond donors (Lipinski definition) is 1. The normalized spacial score (nSPS) is 9.88. The molecule has 0 saturated carbocycles. The summed E-state index contributed by atoms with van der Waals surface area (Å²) in [6.07, 6.45) is 0. The number of para-hydroxylation sites is 1. The molecule has 4 nitrogen and oxygen atoms in total. The molecule has 17 heavy (non-hydrogen) atoms. The molecule has 0 radical (unpaired) electrons. The molecule has 0 saturated heterocycles. The van der Waals surface area contributed by atoms with Crippen molar-refractivity contribution in [1.82, 2.24) is 4.57 Å². The number of pyridine rings is 1. The average molecular weight is 225 g/mol. The number of nitrogens with two attached hydrogens (primary N) is 1. The average Bonchev–Trinajstić information content (AvgIpc) is 2.30. The number of rotatable bonds is 1. The second-order valence-corrected chi connectivity index (χ2v) is 3.72. The minimum atomic E-state index is -0.379. The van der Waals surface area contributed by atoms with Gasteiger partial charge in [0, 0.05) is 0 Å². The molecule has 0 bridgehead atoms. The molecule has 0 aliphatic carbocycles. The van der Waals surface area contributed by atoms with Gasteiger partial charge in [-0.05, 0) is 30.7 Å². The summed E-state index contributed by atoms with van der Waals surface area (Å²) in [6, 6.07) is 12.6. The van der Waals surface area contributed by atoms with Gasteiger partial charge >= 0.3 is 0 Å². The summed E-state index contributed by atoms with van der Waals surface area (Å²) in [5.41, 5.74) is 6.84. The van der Waals surface area contributed by atoms with Crippen LogP contribution < -0.4 is 11.3 Å². The van der Waals surface area contributed by atoms with E-state index in [0.29, 0.717) is 17.1 Å². The number of nitrogen functional groups attached to an aromatic ring is 1. The lowest BCUT2D eigenvalue weighted by Gasteiger charge is -2.11. The number of nitriles is 1. The number of aryl methyl sites for hydroxylation is 1. The number of aromatic nitrogens is 1. The Morgan fingerprint density at radius 3 is 2.53 bits per heavy atom. The molecule has 2 N–H and O–H groups in total. The summed E-state index contributed by atoms with van der Waals surface area (Å²) < 4.78 is 1.34. The first kappa shape index (κ1) is 11.0. The SMILES string of the molecule is Cc1cc(N)n(-c2ccccc2)c(=O)c1C#N. The number of nitrogens with zero attached hydrogens (tertiary/aromatic N) is 2. The Balaban J connectivity index is 2.81. The van der Waals surface area contributed by atoms with E-state index < -0.39 is 0 Å². The van der Waals surface area contributed by atoms with Gasteiger partial charge in [0.25, 0.3) is 5.56 Å². The number of anilines is 1. The zero-order valence-electron chi connectivity index (χ0n) is 9.34. The third-order valence-electron chi connectivity index (χ3n) is 2.56. The summed E-state index contributed by atoms with van der Waals surface area (Å²) in [4.78, 5) is 12.1. The van der Waals surface area contributed by atoms with Crippen LogP contribution in [-0.2, 0) is 0 Å². The van der Waals surface area contributed by atoms with Crippen molar-refractivity contribution in [2.75, 3.05) is 5.73 Å². The molecule has 0 atom stereocenters. The Labute approximate surface area is 98.5 Å². The van der Waals surface area contributed by atoms with Crippen molar-refractivity contribution in [1.29, 1.82) is 5.26 Å². The second-order valence-electron chi connectivity index (χ2n) is 3.72. The van der Waals surface area contributed by atoms with Crippen molar-refractivity contribution in [2.45, 2.75) is 6.92 Å². The van der Waals surface area contributed by atoms with Crippen LogP contribution in [0.5, 0.6) is 0 Å². The van der Waals surface area contributed by atoms with Crippen LogP contribution in [0.2, 0.25) is 0 Å². The molecule has 0 spiro atoms. The minimum absolute atomic E-state index is 0.128. The molecule has 0 amide bonds. The fourth-order valence-corrected chi connectivity index (χ4v) is 1.74. The van der Waals surface area contributed by atoms with Gasteiger partial charge in [0.05, 0.1) is 5.69 Å². The first-order valence-corrected chi connectivity index (χ1v) is 5.13. The molecule has 84 valence electrons. The quantitative estimate of drug-likeness (QED) is 0.801. The van der Waals surface area contributed by atoms with Gasteiger partial charge in [-0.15, -0.1) is 0 Å². The molecule has 0 aliphatic rings. The molecule has 0 unspecified atom stereocenters. The lowest BCUT2D eigenvalue weighted by Crippen LogP contribution is -2.24. The summed E-state index contributed by atoms with van der Waals surface area (Å²) in [5, 5.41) is 8.96. The predicted molar refractivity (Wildman–Crippen MR) is 65.9 cm³/mol. The van der Waals surface area contributed by atoms with Crippen molar-refractivity contribution in [3.63, 3.8) is 0 Å². The van der Waals surface area contributed by atoms with Crippen molar-refractivity contribution < 1.29 is 0 Å². The highest BCUT2D eigenvalue weighted by atomic mass is 16.1. The molecular weight excluding hydrogens is 214 g/mol. The van der Waals surface area contributed by atoms with Gasteiger partial charge in [-0.25, -0.2) is 0 Å². The van der Waals surface area contributed by atoms with Gasteiger partial charge in [0.1, 0.15) is 17.5 Å². The Morgan fingerprint density at radius 1 is 1.29 bits per heavy atom. The maximum atomic E-state index is 12.1. The smallest absolute Gasteiger partial charge is 0.274 e. The number of hydrogen-bond acceptors (Lipinski definition) is 3. The highest BCUT2D eigenvalue weighted by Gasteiger charge is 2.11. The zero-order chi connectivity index (χ0) is 12.4. The topological polar surface area (TPSA) is 71.8 Å². The molecule has 2 aromatic rings. The van der Waals surface area contributed by atoms with E-state index in [-0.39, 0.29) is 11.1 Å². The van der Waals surface area contributed by atoms with E-state index in [0.717, 1.165) is 0 Å². The van der Waals surface area contributed by atoms with Crippen molar-refractivity contribution >= 4 is 5.82 Å². The van der Waals surface area contributed by atoms with Gasteiger partial charge in [-0.3, -0.25) is 9.36 Å². The van der Waals surface area contributed by atoms with E-state index in [9.17, 15) is 4.79 Å². The molecule has 0 fully saturated rings. The van der Waals surface area contributed by atoms with Gasteiger partial charge in [0.15, 0.2) is 0 Å². The van der Waals surface area contributed by atoms with E-state index in [1.807, 2.05) is 24.3 Å². The standard InChI is InChI=1S/C13H11N3O/c1-9-7-12(15)16(13(17)11(9)8-14)10-5-3-2-4-6-10/h2-7H,15H2,1H3. The highest BCUT2D eigenvalue weighted by Crippen LogP contribution is 2.13. The minimum Gasteiger partial charge on any atom is -0.385 e. The summed E-state index contributed by atoms with van der Waals surface area (Å²) >= 11 is 0. The van der Waals surface area contributed by atoms with Gasteiger partial charge in [-0.1, -0.05) is 18.2 Å². The molecule has 1 aromatic heterocycles. The molecule has 0 aliphatic heterocycles. The zero-order valence-corrected chi connectivity index (χ0v) is 9.34. The Hall–Kier alpha value is -2.54. The molecule has 4 heteroatoms. The maximum Gasteiger partial charge on any atom is 0.274 e. The molecular formula is C13H11N3O. The summed E-state index contributed by atoms with van der Waals surface area (Å²) in [7, 11) is 0. The monoisotopic (exact) mass is 225 g/mol. The molecule has 1 aromatic carbocycles. The lowest BCUT2D eigenvalue weighted by atomic mass is 10.1. The van der Waals surface area contributed by atoms with E-state index in [1.165, 1.54) is 4.57 Å². The second kappa shape index (κ2) is 4.14. The third-order valence-corrected chi connectivity index (χ3v) is 2.56. The lowest BCUT2D eigenvalue weighted by molar-refractivity contribution is 0.987. The Morgan fingerprint density at radius 2 is 1.94 bits per heavy atom. The number of benzene rings is 1. The van der Waals surface area contributed by atoms with Gasteiger partial charge in [-0.2, -0.15) is 5.26 Å². The van der Waals surface area contributed by atoms with E-state index >= 15 is 0 Å². The van der Waals surface area contributed by atoms with Gasteiger partial charge < -0.3 is 5.73 Å². The fourth-order valence-electron chi connectivity index (χ4n) is 1.74. The van der Waals surface area contributed by atoms with E-state index in [1.54, 1.807) is 25.1 Å². The fraction of sp³-hybridized carbons (Fsp3) is 0.0769. The van der Waals surface area contributed by atoms with Crippen LogP contribution in [0.15, 0.2) is 41.2 Å². The molecule has 2 rings (SSSR count). The summed E-state index contributed by atoms with van der Waals surface area (Å²) in [5.74, 6) is 0.331. The first-order valence-electron chi connectivity index (χ1n) is 5.13. The van der Waals surface area contributed by atoms with Crippen LogP contribution in [0.3, 0.4) is 0 Å². The van der Waals surface area contributed by atoms with Crippen LogP contribution in [0.1, 0.15) is 11.1 Å². The largest absolute Gasteiger partial charge is 0.385 e. The first-order chi connectivity index (χ1) is 8.15. The van der Waals surface area contributed by atoms with Crippen LogP contribution in [0, 0.1) is 18.3 Å². The van der Waals surface area contributed by atoms with Crippen molar-refractivity contribution in [3.8, 4) is 11.8 Å². The summed E-state index contributed by atoms with van der Waals surface area (Å²) in [6.45, 7) is 1.70. The Kier molecular flexibility index (Phi) is 2.67.